The van der Waals surface area contributed by atoms with Gasteiger partial charge in [0.05, 0.1) is 22.0 Å². The number of nitrogen functional groups attached to an aromatic ring is 1. The Balaban J connectivity index is 2.16. The minimum absolute atomic E-state index is 0.419. The van der Waals surface area contributed by atoms with Gasteiger partial charge in [-0.15, -0.1) is 0 Å². The Kier molecular flexibility index (Phi) is 4.49. The van der Waals surface area contributed by atoms with Crippen molar-refractivity contribution in [1.29, 1.82) is 0 Å². The Bertz CT molecular complexity index is 530. The third kappa shape index (κ3) is 2.97. The maximum absolute atomic E-state index is 5.95. The van der Waals surface area contributed by atoms with Crippen LogP contribution in [0, 0.1) is 0 Å². The maximum Gasteiger partial charge on any atom is 0.260 e. The Hall–Kier alpha value is -1.20. The van der Waals surface area contributed by atoms with Crippen LogP contribution < -0.4 is 5.73 Å². The fourth-order valence-corrected chi connectivity index (χ4v) is 2.36. The SMILES string of the molecule is CCCSCc1noc(-c2cccc(Cl)c2N)n1. The largest absolute Gasteiger partial charge is 0.397 e. The highest BCUT2D eigenvalue weighted by molar-refractivity contribution is 7.98. The van der Waals surface area contributed by atoms with Crippen LogP contribution in [0.5, 0.6) is 0 Å². The molecule has 1 aromatic heterocycles. The van der Waals surface area contributed by atoms with Gasteiger partial charge >= 0.3 is 0 Å². The first-order valence-electron chi connectivity index (χ1n) is 5.67. The molecule has 2 rings (SSSR count). The summed E-state index contributed by atoms with van der Waals surface area (Å²) in [5.74, 6) is 2.94. The molecular weight excluding hydrogens is 270 g/mol. The van der Waals surface area contributed by atoms with Gasteiger partial charge in [0.15, 0.2) is 5.82 Å². The molecule has 6 heteroatoms. The van der Waals surface area contributed by atoms with Gasteiger partial charge in [-0.25, -0.2) is 0 Å². The minimum atomic E-state index is 0.419. The van der Waals surface area contributed by atoms with Crippen molar-refractivity contribution in [3.8, 4) is 11.5 Å². The number of hydrogen-bond acceptors (Lipinski definition) is 5. The minimum Gasteiger partial charge on any atom is -0.397 e. The van der Waals surface area contributed by atoms with Crippen LogP contribution in [0.3, 0.4) is 0 Å². The molecule has 1 aromatic carbocycles. The lowest BCUT2D eigenvalue weighted by atomic mass is 10.2. The van der Waals surface area contributed by atoms with Crippen LogP contribution in [-0.2, 0) is 5.75 Å². The number of anilines is 1. The first-order chi connectivity index (χ1) is 8.72. The number of nitrogens with two attached hydrogens (primary N) is 1. The van der Waals surface area contributed by atoms with Crippen molar-refractivity contribution < 1.29 is 4.52 Å². The van der Waals surface area contributed by atoms with Crippen molar-refractivity contribution >= 4 is 29.1 Å². The Morgan fingerprint density at radius 2 is 2.28 bits per heavy atom. The Labute approximate surface area is 115 Å². The van der Waals surface area contributed by atoms with E-state index in [1.54, 1.807) is 17.8 Å². The standard InChI is InChI=1S/C12H14ClN3OS/c1-2-6-18-7-10-15-12(17-16-10)8-4-3-5-9(13)11(8)14/h3-5H,2,6-7,14H2,1H3. The average molecular weight is 284 g/mol. The molecule has 0 radical (unpaired) electrons. The molecule has 2 aromatic rings. The first kappa shape index (κ1) is 13.2. The van der Waals surface area contributed by atoms with Gasteiger partial charge in [-0.05, 0) is 24.3 Å². The van der Waals surface area contributed by atoms with Crippen LogP contribution in [0.2, 0.25) is 5.02 Å². The first-order valence-corrected chi connectivity index (χ1v) is 7.20. The van der Waals surface area contributed by atoms with Crippen molar-refractivity contribution in [2.24, 2.45) is 0 Å². The Morgan fingerprint density at radius 3 is 3.06 bits per heavy atom. The van der Waals surface area contributed by atoms with Gasteiger partial charge < -0.3 is 10.3 Å². The molecule has 96 valence electrons. The number of hydrogen-bond donors (Lipinski definition) is 1. The zero-order valence-corrected chi connectivity index (χ0v) is 11.6. The van der Waals surface area contributed by atoms with Gasteiger partial charge in [0.2, 0.25) is 0 Å². The van der Waals surface area contributed by atoms with Crippen LogP contribution in [0.4, 0.5) is 5.69 Å². The summed E-state index contributed by atoms with van der Waals surface area (Å²) in [6.45, 7) is 2.14. The fourth-order valence-electron chi connectivity index (χ4n) is 1.45. The van der Waals surface area contributed by atoms with Crippen LogP contribution in [0.1, 0.15) is 19.2 Å². The number of halogens is 1. The predicted octanol–water partition coefficient (Wildman–Crippen LogP) is 3.62. The number of para-hydroxylation sites is 1. The molecule has 0 unspecified atom stereocenters. The second-order valence-electron chi connectivity index (χ2n) is 3.77. The molecule has 0 fully saturated rings. The summed E-state index contributed by atoms with van der Waals surface area (Å²) in [5.41, 5.74) is 7.03. The Morgan fingerprint density at radius 1 is 1.44 bits per heavy atom. The normalized spacial score (nSPS) is 10.8. The summed E-state index contributed by atoms with van der Waals surface area (Å²) < 4.78 is 5.20. The predicted molar refractivity (Wildman–Crippen MR) is 75.6 cm³/mol. The molecular formula is C12H14ClN3OS. The van der Waals surface area contributed by atoms with Gasteiger partial charge in [0.1, 0.15) is 0 Å². The molecule has 0 aliphatic rings. The molecule has 0 amide bonds. The topological polar surface area (TPSA) is 64.9 Å². The van der Waals surface area contributed by atoms with E-state index in [1.807, 2.05) is 12.1 Å². The van der Waals surface area contributed by atoms with E-state index >= 15 is 0 Å². The monoisotopic (exact) mass is 283 g/mol. The summed E-state index contributed by atoms with van der Waals surface area (Å²) in [5, 5.41) is 4.42. The van der Waals surface area contributed by atoms with E-state index in [0.717, 1.165) is 17.9 Å². The molecule has 2 N–H and O–H groups in total. The quantitative estimate of drug-likeness (QED) is 0.671. The maximum atomic E-state index is 5.95. The molecule has 0 bridgehead atoms. The van der Waals surface area contributed by atoms with Crippen LogP contribution in [0.15, 0.2) is 22.7 Å². The summed E-state index contributed by atoms with van der Waals surface area (Å²) >= 11 is 7.73. The smallest absolute Gasteiger partial charge is 0.260 e. The van der Waals surface area contributed by atoms with Crippen LogP contribution in [0.25, 0.3) is 11.5 Å². The molecule has 0 saturated heterocycles. The van der Waals surface area contributed by atoms with Crippen molar-refractivity contribution in [3.05, 3.63) is 29.0 Å². The summed E-state index contributed by atoms with van der Waals surface area (Å²) in [6, 6.07) is 5.36. The molecule has 4 nitrogen and oxygen atoms in total. The van der Waals surface area contributed by atoms with Gasteiger partial charge in [0, 0.05) is 0 Å². The van der Waals surface area contributed by atoms with E-state index in [2.05, 4.69) is 17.1 Å². The van der Waals surface area contributed by atoms with E-state index in [0.29, 0.717) is 28.0 Å². The van der Waals surface area contributed by atoms with Gasteiger partial charge in [-0.3, -0.25) is 0 Å². The average Bonchev–Trinajstić information content (AvgIpc) is 2.82. The van der Waals surface area contributed by atoms with Gasteiger partial charge in [-0.1, -0.05) is 29.7 Å². The third-order valence-electron chi connectivity index (χ3n) is 2.33. The molecule has 0 atom stereocenters. The van der Waals surface area contributed by atoms with E-state index in [-0.39, 0.29) is 0 Å². The van der Waals surface area contributed by atoms with E-state index < -0.39 is 0 Å². The number of nitrogens with zero attached hydrogens (tertiary/aromatic N) is 2. The van der Waals surface area contributed by atoms with Crippen molar-refractivity contribution in [1.82, 2.24) is 10.1 Å². The molecule has 0 saturated carbocycles. The van der Waals surface area contributed by atoms with Crippen molar-refractivity contribution in [2.45, 2.75) is 19.1 Å². The number of benzene rings is 1. The van der Waals surface area contributed by atoms with Crippen molar-refractivity contribution in [2.75, 3.05) is 11.5 Å². The van der Waals surface area contributed by atoms with E-state index in [9.17, 15) is 0 Å². The second-order valence-corrected chi connectivity index (χ2v) is 5.28. The van der Waals surface area contributed by atoms with E-state index in [4.69, 9.17) is 21.9 Å². The zero-order valence-electron chi connectivity index (χ0n) is 10.0. The van der Waals surface area contributed by atoms with Crippen LogP contribution in [-0.4, -0.2) is 15.9 Å². The summed E-state index contributed by atoms with van der Waals surface area (Å²) in [7, 11) is 0. The summed E-state index contributed by atoms with van der Waals surface area (Å²) in [6.07, 6.45) is 1.14. The highest BCUT2D eigenvalue weighted by Gasteiger charge is 2.13. The number of rotatable bonds is 5. The van der Waals surface area contributed by atoms with E-state index in [1.165, 1.54) is 0 Å². The number of thioether (sulfide) groups is 1. The summed E-state index contributed by atoms with van der Waals surface area (Å²) in [4.78, 5) is 4.32. The molecule has 0 spiro atoms. The number of aromatic nitrogens is 2. The fraction of sp³-hybridized carbons (Fsp3) is 0.333. The lowest BCUT2D eigenvalue weighted by Crippen LogP contribution is -1.91. The van der Waals surface area contributed by atoms with Crippen molar-refractivity contribution in [3.63, 3.8) is 0 Å². The molecule has 0 aliphatic carbocycles. The molecule has 18 heavy (non-hydrogen) atoms. The highest BCUT2D eigenvalue weighted by Crippen LogP contribution is 2.30. The third-order valence-corrected chi connectivity index (χ3v) is 3.82. The lowest BCUT2D eigenvalue weighted by Gasteiger charge is -2.01. The van der Waals surface area contributed by atoms with Gasteiger partial charge in [0.25, 0.3) is 5.89 Å². The molecule has 0 aliphatic heterocycles. The highest BCUT2D eigenvalue weighted by atomic mass is 35.5. The van der Waals surface area contributed by atoms with Crippen LogP contribution >= 0.6 is 23.4 Å². The molecule has 1 heterocycles. The zero-order chi connectivity index (χ0) is 13.0. The lowest BCUT2D eigenvalue weighted by molar-refractivity contribution is 0.425. The van der Waals surface area contributed by atoms with Gasteiger partial charge in [-0.2, -0.15) is 16.7 Å². The second kappa shape index (κ2) is 6.11.